The van der Waals surface area contributed by atoms with Crippen molar-refractivity contribution in [1.82, 2.24) is 40.0 Å². The van der Waals surface area contributed by atoms with Gasteiger partial charge in [-0.15, -0.1) is 0 Å². The lowest BCUT2D eigenvalue weighted by Gasteiger charge is -2.37. The Hall–Kier alpha value is -6.08. The number of hydrogen-bond donors (Lipinski definition) is 2. The first kappa shape index (κ1) is 48.4. The second kappa shape index (κ2) is 21.1. The number of aromatic nitrogens is 2. The topological polar surface area (TPSA) is 159 Å². The van der Waals surface area contributed by atoms with Gasteiger partial charge < -0.3 is 29.2 Å². The summed E-state index contributed by atoms with van der Waals surface area (Å²) in [5.41, 5.74) is 9.83. The van der Waals surface area contributed by atoms with Gasteiger partial charge in [0.1, 0.15) is 18.1 Å². The monoisotopic (exact) mass is 927 g/mol. The Labute approximate surface area is 399 Å². The molecule has 4 amide bonds. The van der Waals surface area contributed by atoms with Gasteiger partial charge in [0.2, 0.25) is 11.8 Å². The predicted octanol–water partition coefficient (Wildman–Crippen LogP) is 4.71. The van der Waals surface area contributed by atoms with Gasteiger partial charge in [-0.3, -0.25) is 38.9 Å². The van der Waals surface area contributed by atoms with Crippen LogP contribution in [0, 0.1) is 29.1 Å². The first-order chi connectivity index (χ1) is 32.7. The standard InChI is InChI=1S/C53H66N8O7/c1-7-60-45-18-17-38-30-41(45)42(48(60)39-14-9-20-54-32-39)31-53(4,5)34-68-52(66)43-15-10-22-61(56-43)51(65)44(29-36-12-8-13-37(38)28-36)55-49(63)47(35(2)3)57(6)50(64)40-19-23-59(33-40)46(62)16-11-21-58-24-26-67-27-25-58/h8-9,12-14,17-18,20,28,30,32,35,40,43-44,47,56H,7,10,15,19,21-27,29,31,33-34H2,1-6H3,(H,55,63)/t40-,43-,44-,47-/m0/s1. The van der Waals surface area contributed by atoms with Crippen LogP contribution in [-0.4, -0.2) is 143 Å². The Kier molecular flexibility index (Phi) is 15.0. The minimum absolute atomic E-state index is 0.152. The highest BCUT2D eigenvalue weighted by atomic mass is 16.5. The SMILES string of the molecule is CCn1c(-c2cccnc2)c2c3cc(ccc31)-c1cccc(c1)C[C@H](NC(=O)[C@H](C(C)C)N(C)C(=O)[C@H]1CCN(C(=O)C#CCN3CCOCC3)C1)C(=O)N1CCC[C@H](N1)C(=O)OCC(C)(C)C2. The number of likely N-dealkylation sites (tertiary alicyclic amines) is 1. The van der Waals surface area contributed by atoms with E-state index in [-0.39, 0.29) is 37.3 Å². The average molecular weight is 927 g/mol. The highest BCUT2D eigenvalue weighted by Gasteiger charge is 2.40. The first-order valence-electron chi connectivity index (χ1n) is 24.2. The van der Waals surface area contributed by atoms with Crippen LogP contribution < -0.4 is 10.7 Å². The molecule has 0 spiro atoms. The van der Waals surface area contributed by atoms with Gasteiger partial charge in [0, 0.05) is 87.0 Å². The van der Waals surface area contributed by atoms with Crippen LogP contribution in [0.1, 0.15) is 65.0 Å². The molecule has 2 aromatic heterocycles. The molecule has 2 N–H and O–H groups in total. The Balaban J connectivity index is 1.07. The molecular formula is C53H66N8O7. The number of carbonyl (C=O) groups is 5. The average Bonchev–Trinajstić information content (AvgIpc) is 3.96. The minimum atomic E-state index is -1.05. The molecule has 3 saturated heterocycles. The highest BCUT2D eigenvalue weighted by molar-refractivity contribution is 5.97. The number of cyclic esters (lactones) is 1. The van der Waals surface area contributed by atoms with Gasteiger partial charge in [0.15, 0.2) is 0 Å². The van der Waals surface area contributed by atoms with E-state index in [9.17, 15) is 24.0 Å². The molecule has 0 aliphatic carbocycles. The van der Waals surface area contributed by atoms with Crippen molar-refractivity contribution in [2.75, 3.05) is 66.1 Å². The fourth-order valence-electron chi connectivity index (χ4n) is 10.3. The minimum Gasteiger partial charge on any atom is -0.464 e. The van der Waals surface area contributed by atoms with Crippen LogP contribution in [0.15, 0.2) is 67.0 Å². The summed E-state index contributed by atoms with van der Waals surface area (Å²) in [6, 6.07) is 15.9. The molecule has 2 aromatic carbocycles. The third-order valence-electron chi connectivity index (χ3n) is 13.8. The molecule has 3 fully saturated rings. The maximum Gasteiger partial charge on any atom is 0.324 e. The molecule has 4 aliphatic heterocycles. The number of morpholine rings is 1. The fraction of sp³-hybridized carbons (Fsp3) is 0.509. The Morgan fingerprint density at radius 2 is 1.76 bits per heavy atom. The molecule has 6 heterocycles. The van der Waals surface area contributed by atoms with Crippen molar-refractivity contribution in [1.29, 1.82) is 0 Å². The van der Waals surface area contributed by atoms with Crippen molar-refractivity contribution < 1.29 is 33.4 Å². The molecule has 4 aromatic rings. The summed E-state index contributed by atoms with van der Waals surface area (Å²) in [5, 5.41) is 5.62. The molecule has 8 rings (SSSR count). The molecular weight excluding hydrogens is 861 g/mol. The molecule has 4 aliphatic rings. The maximum atomic E-state index is 14.7. The number of benzene rings is 2. The van der Waals surface area contributed by atoms with Crippen LogP contribution in [0.3, 0.4) is 0 Å². The van der Waals surface area contributed by atoms with E-state index in [0.29, 0.717) is 58.5 Å². The summed E-state index contributed by atoms with van der Waals surface area (Å²) in [5.74, 6) is 3.05. The number of rotatable bonds is 8. The Morgan fingerprint density at radius 3 is 2.51 bits per heavy atom. The summed E-state index contributed by atoms with van der Waals surface area (Å²) in [4.78, 5) is 80.1. The van der Waals surface area contributed by atoms with Crippen LogP contribution in [-0.2, 0) is 52.8 Å². The lowest BCUT2D eigenvalue weighted by atomic mass is 9.84. The van der Waals surface area contributed by atoms with Crippen molar-refractivity contribution in [3.05, 3.63) is 78.1 Å². The number of pyridine rings is 1. The number of likely N-dealkylation sites (N-methyl/N-ethyl adjacent to an activating group) is 1. The van der Waals surface area contributed by atoms with Crippen molar-refractivity contribution in [2.45, 2.75) is 91.4 Å². The summed E-state index contributed by atoms with van der Waals surface area (Å²) >= 11 is 0. The third-order valence-corrected chi connectivity index (χ3v) is 13.8. The smallest absolute Gasteiger partial charge is 0.324 e. The second-order valence-corrected chi connectivity index (χ2v) is 19.8. The fourth-order valence-corrected chi connectivity index (χ4v) is 10.3. The number of aryl methyl sites for hydroxylation is 1. The molecule has 0 saturated carbocycles. The van der Waals surface area contributed by atoms with E-state index in [2.05, 4.69) is 94.2 Å². The lowest BCUT2D eigenvalue weighted by Crippen LogP contribution is -2.62. The quantitative estimate of drug-likeness (QED) is 0.188. The number of fused-ring (bicyclic) bond motifs is 6. The molecule has 4 atom stereocenters. The van der Waals surface area contributed by atoms with E-state index >= 15 is 0 Å². The Bertz CT molecular complexity index is 2570. The lowest BCUT2D eigenvalue weighted by molar-refractivity contribution is -0.155. The van der Waals surface area contributed by atoms with E-state index < -0.39 is 47.2 Å². The second-order valence-electron chi connectivity index (χ2n) is 19.8. The first-order valence-corrected chi connectivity index (χ1v) is 24.2. The van der Waals surface area contributed by atoms with Gasteiger partial charge >= 0.3 is 5.97 Å². The highest BCUT2D eigenvalue weighted by Crippen LogP contribution is 2.40. The van der Waals surface area contributed by atoms with Gasteiger partial charge in [-0.25, -0.2) is 5.43 Å². The number of ether oxygens (including phenoxy) is 2. The third kappa shape index (κ3) is 10.8. The number of hydrogen-bond acceptors (Lipinski definition) is 10. The molecule has 0 unspecified atom stereocenters. The number of amides is 4. The predicted molar refractivity (Wildman–Crippen MR) is 259 cm³/mol. The maximum absolute atomic E-state index is 14.7. The van der Waals surface area contributed by atoms with Gasteiger partial charge in [0.25, 0.3) is 11.8 Å². The number of hydrazine groups is 1. The van der Waals surface area contributed by atoms with Crippen molar-refractivity contribution in [2.24, 2.45) is 17.3 Å². The number of nitrogens with zero attached hydrogens (tertiary/aromatic N) is 6. The Morgan fingerprint density at radius 1 is 0.985 bits per heavy atom. The zero-order chi connectivity index (χ0) is 48.1. The van der Waals surface area contributed by atoms with E-state index in [1.54, 1.807) is 18.1 Å². The molecule has 6 bridgehead atoms. The molecule has 0 radical (unpaired) electrons. The zero-order valence-electron chi connectivity index (χ0n) is 40.4. The number of carbonyl (C=O) groups excluding carboxylic acids is 5. The van der Waals surface area contributed by atoms with Crippen LogP contribution in [0.25, 0.3) is 33.3 Å². The zero-order valence-corrected chi connectivity index (χ0v) is 40.4. The normalized spacial score (nSPS) is 21.7. The van der Waals surface area contributed by atoms with Crippen molar-refractivity contribution in [3.63, 3.8) is 0 Å². The van der Waals surface area contributed by atoms with Crippen LogP contribution in [0.2, 0.25) is 0 Å². The van der Waals surface area contributed by atoms with E-state index in [1.807, 2.05) is 38.2 Å². The molecule has 360 valence electrons. The summed E-state index contributed by atoms with van der Waals surface area (Å²) < 4.78 is 13.8. The van der Waals surface area contributed by atoms with Crippen LogP contribution in [0.5, 0.6) is 0 Å². The van der Waals surface area contributed by atoms with E-state index in [4.69, 9.17) is 9.47 Å². The van der Waals surface area contributed by atoms with E-state index in [1.165, 1.54) is 9.91 Å². The van der Waals surface area contributed by atoms with Gasteiger partial charge in [0.05, 0.1) is 38.0 Å². The van der Waals surface area contributed by atoms with E-state index in [0.717, 1.165) is 64.0 Å². The molecule has 15 nitrogen and oxygen atoms in total. The van der Waals surface area contributed by atoms with Crippen molar-refractivity contribution >= 4 is 40.5 Å². The van der Waals surface area contributed by atoms with Gasteiger partial charge in [-0.2, -0.15) is 0 Å². The molecule has 15 heteroatoms. The summed E-state index contributed by atoms with van der Waals surface area (Å²) in [7, 11) is 1.62. The van der Waals surface area contributed by atoms with Gasteiger partial charge in [-0.1, -0.05) is 63.9 Å². The summed E-state index contributed by atoms with van der Waals surface area (Å²) in [6.45, 7) is 15.3. The number of nitrogens with one attached hydrogen (secondary N) is 2. The van der Waals surface area contributed by atoms with Gasteiger partial charge in [-0.05, 0) is 91.0 Å². The van der Waals surface area contributed by atoms with Crippen molar-refractivity contribution in [3.8, 4) is 34.2 Å². The largest absolute Gasteiger partial charge is 0.464 e. The number of esters is 1. The molecule has 68 heavy (non-hydrogen) atoms. The summed E-state index contributed by atoms with van der Waals surface area (Å²) in [6.07, 6.45) is 5.94. The van der Waals surface area contributed by atoms with Crippen LogP contribution >= 0.6 is 0 Å². The van der Waals surface area contributed by atoms with Crippen LogP contribution in [0.4, 0.5) is 0 Å².